The van der Waals surface area contributed by atoms with Gasteiger partial charge in [0, 0.05) is 24.2 Å². The third-order valence-electron chi connectivity index (χ3n) is 3.23. The smallest absolute Gasteiger partial charge is 0.0591 e. The first kappa shape index (κ1) is 13.9. The summed E-state index contributed by atoms with van der Waals surface area (Å²) in [7, 11) is 0. The van der Waals surface area contributed by atoms with Gasteiger partial charge in [0.2, 0.25) is 0 Å². The molecule has 0 saturated heterocycles. The van der Waals surface area contributed by atoms with E-state index in [0.717, 1.165) is 37.6 Å². The molecule has 0 bridgehead atoms. The van der Waals surface area contributed by atoms with Crippen molar-refractivity contribution >= 4 is 11.6 Å². The molecule has 1 aliphatic rings. The zero-order valence-corrected chi connectivity index (χ0v) is 12.0. The summed E-state index contributed by atoms with van der Waals surface area (Å²) in [5.41, 5.74) is 2.82. The molecule has 1 aromatic rings. The standard InChI is InChI=1S/C15H22ClNO/c1-11(2)10-18-6-5-17-15-8-12-3-4-14(16)7-13(12)9-15/h3-4,7,11,15,17H,5-6,8-10H2,1-2H3. The van der Waals surface area contributed by atoms with Gasteiger partial charge in [-0.2, -0.15) is 0 Å². The van der Waals surface area contributed by atoms with E-state index >= 15 is 0 Å². The third kappa shape index (κ3) is 3.98. The van der Waals surface area contributed by atoms with Crippen LogP contribution in [0.2, 0.25) is 5.02 Å². The first-order valence-electron chi connectivity index (χ1n) is 6.73. The number of halogens is 1. The molecule has 1 aromatic carbocycles. The number of nitrogens with one attached hydrogen (secondary N) is 1. The minimum absolute atomic E-state index is 0.543. The van der Waals surface area contributed by atoms with Crippen LogP contribution in [0.5, 0.6) is 0 Å². The van der Waals surface area contributed by atoms with Crippen LogP contribution in [0.15, 0.2) is 18.2 Å². The van der Waals surface area contributed by atoms with Crippen molar-refractivity contribution in [3.05, 3.63) is 34.3 Å². The second-order valence-electron chi connectivity index (χ2n) is 5.44. The highest BCUT2D eigenvalue weighted by molar-refractivity contribution is 6.30. The van der Waals surface area contributed by atoms with E-state index in [2.05, 4.69) is 31.3 Å². The molecular weight excluding hydrogens is 246 g/mol. The second kappa shape index (κ2) is 6.55. The Morgan fingerprint density at radius 2 is 2.11 bits per heavy atom. The molecule has 1 N–H and O–H groups in total. The highest BCUT2D eigenvalue weighted by Crippen LogP contribution is 2.25. The van der Waals surface area contributed by atoms with Gasteiger partial charge in [0.05, 0.1) is 6.61 Å². The summed E-state index contributed by atoms with van der Waals surface area (Å²) in [4.78, 5) is 0. The summed E-state index contributed by atoms with van der Waals surface area (Å²) >= 11 is 6.01. The topological polar surface area (TPSA) is 21.3 Å². The van der Waals surface area contributed by atoms with E-state index < -0.39 is 0 Å². The van der Waals surface area contributed by atoms with Crippen molar-refractivity contribution in [1.82, 2.24) is 5.32 Å². The van der Waals surface area contributed by atoms with Crippen LogP contribution in [0.4, 0.5) is 0 Å². The van der Waals surface area contributed by atoms with Gasteiger partial charge in [-0.15, -0.1) is 0 Å². The summed E-state index contributed by atoms with van der Waals surface area (Å²) in [6.07, 6.45) is 2.19. The predicted molar refractivity (Wildman–Crippen MR) is 76.3 cm³/mol. The van der Waals surface area contributed by atoms with Crippen LogP contribution in [0.1, 0.15) is 25.0 Å². The van der Waals surface area contributed by atoms with Gasteiger partial charge in [-0.3, -0.25) is 0 Å². The SMILES string of the molecule is CC(C)COCCNC1Cc2ccc(Cl)cc2C1. The zero-order chi connectivity index (χ0) is 13.0. The summed E-state index contributed by atoms with van der Waals surface area (Å²) < 4.78 is 5.57. The molecule has 1 atom stereocenters. The van der Waals surface area contributed by atoms with E-state index in [0.29, 0.717) is 12.0 Å². The first-order valence-corrected chi connectivity index (χ1v) is 7.11. The van der Waals surface area contributed by atoms with Gasteiger partial charge < -0.3 is 10.1 Å². The summed E-state index contributed by atoms with van der Waals surface area (Å²) in [5.74, 6) is 0.614. The van der Waals surface area contributed by atoms with Crippen molar-refractivity contribution in [3.8, 4) is 0 Å². The van der Waals surface area contributed by atoms with E-state index in [1.165, 1.54) is 11.1 Å². The Hall–Kier alpha value is -0.570. The maximum Gasteiger partial charge on any atom is 0.0591 e. The van der Waals surface area contributed by atoms with Crippen molar-refractivity contribution in [2.24, 2.45) is 5.92 Å². The molecule has 18 heavy (non-hydrogen) atoms. The lowest BCUT2D eigenvalue weighted by molar-refractivity contribution is 0.110. The Balaban J connectivity index is 1.68. The number of ether oxygens (including phenoxy) is 1. The number of benzene rings is 1. The van der Waals surface area contributed by atoms with Crippen LogP contribution in [0.25, 0.3) is 0 Å². The minimum atomic E-state index is 0.543. The molecule has 0 radical (unpaired) electrons. The van der Waals surface area contributed by atoms with E-state index in [9.17, 15) is 0 Å². The van der Waals surface area contributed by atoms with Gasteiger partial charge in [-0.1, -0.05) is 31.5 Å². The molecule has 0 aliphatic heterocycles. The Bertz CT molecular complexity index is 392. The van der Waals surface area contributed by atoms with Gasteiger partial charge in [-0.05, 0) is 42.0 Å². The first-order chi connectivity index (χ1) is 8.65. The predicted octanol–water partition coefficient (Wildman–Crippen LogP) is 3.07. The number of hydrogen-bond acceptors (Lipinski definition) is 2. The molecule has 3 heteroatoms. The number of fused-ring (bicyclic) bond motifs is 1. The maximum atomic E-state index is 6.01. The lowest BCUT2D eigenvalue weighted by Gasteiger charge is -2.12. The van der Waals surface area contributed by atoms with Gasteiger partial charge in [-0.25, -0.2) is 0 Å². The molecule has 0 heterocycles. The van der Waals surface area contributed by atoms with Crippen LogP contribution in [-0.4, -0.2) is 25.8 Å². The fraction of sp³-hybridized carbons (Fsp3) is 0.600. The van der Waals surface area contributed by atoms with Crippen molar-refractivity contribution in [2.75, 3.05) is 19.8 Å². The average Bonchev–Trinajstić information content (AvgIpc) is 2.70. The van der Waals surface area contributed by atoms with Crippen molar-refractivity contribution in [3.63, 3.8) is 0 Å². The van der Waals surface area contributed by atoms with Gasteiger partial charge in [0.25, 0.3) is 0 Å². The van der Waals surface area contributed by atoms with Crippen molar-refractivity contribution in [2.45, 2.75) is 32.7 Å². The van der Waals surface area contributed by atoms with Crippen LogP contribution < -0.4 is 5.32 Å². The Morgan fingerprint density at radius 3 is 2.89 bits per heavy atom. The molecule has 1 aliphatic carbocycles. The third-order valence-corrected chi connectivity index (χ3v) is 3.47. The van der Waals surface area contributed by atoms with Crippen LogP contribution in [-0.2, 0) is 17.6 Å². The number of rotatable bonds is 6. The zero-order valence-electron chi connectivity index (χ0n) is 11.2. The molecule has 0 aromatic heterocycles. The monoisotopic (exact) mass is 267 g/mol. The van der Waals surface area contributed by atoms with Gasteiger partial charge in [0.15, 0.2) is 0 Å². The summed E-state index contributed by atoms with van der Waals surface area (Å²) in [5, 5.41) is 4.40. The fourth-order valence-electron chi connectivity index (χ4n) is 2.39. The van der Waals surface area contributed by atoms with E-state index in [1.807, 2.05) is 6.07 Å². The molecule has 0 fully saturated rings. The molecular formula is C15H22ClNO. The maximum absolute atomic E-state index is 6.01. The number of hydrogen-bond donors (Lipinski definition) is 1. The summed E-state index contributed by atoms with van der Waals surface area (Å²) in [6.45, 7) is 6.92. The van der Waals surface area contributed by atoms with E-state index in [1.54, 1.807) is 0 Å². The normalized spacial score (nSPS) is 18.3. The molecule has 1 unspecified atom stereocenters. The van der Waals surface area contributed by atoms with Crippen LogP contribution in [0, 0.1) is 5.92 Å². The Kier molecular flexibility index (Phi) is 5.04. The largest absolute Gasteiger partial charge is 0.380 e. The van der Waals surface area contributed by atoms with Gasteiger partial charge >= 0.3 is 0 Å². The minimum Gasteiger partial charge on any atom is -0.380 e. The van der Waals surface area contributed by atoms with Crippen LogP contribution in [0.3, 0.4) is 0 Å². The Labute approximate surface area is 115 Å². The highest BCUT2D eigenvalue weighted by atomic mass is 35.5. The van der Waals surface area contributed by atoms with Crippen molar-refractivity contribution in [1.29, 1.82) is 0 Å². The molecule has 2 rings (SSSR count). The Morgan fingerprint density at radius 1 is 1.33 bits per heavy atom. The van der Waals surface area contributed by atoms with E-state index in [-0.39, 0.29) is 0 Å². The van der Waals surface area contributed by atoms with Crippen molar-refractivity contribution < 1.29 is 4.74 Å². The molecule has 0 amide bonds. The fourth-order valence-corrected chi connectivity index (χ4v) is 2.58. The van der Waals surface area contributed by atoms with Gasteiger partial charge in [0.1, 0.15) is 0 Å². The lowest BCUT2D eigenvalue weighted by atomic mass is 10.1. The molecule has 2 nitrogen and oxygen atoms in total. The van der Waals surface area contributed by atoms with E-state index in [4.69, 9.17) is 16.3 Å². The molecule has 0 saturated carbocycles. The molecule has 100 valence electrons. The highest BCUT2D eigenvalue weighted by Gasteiger charge is 2.20. The summed E-state index contributed by atoms with van der Waals surface area (Å²) in [6, 6.07) is 6.76. The average molecular weight is 268 g/mol. The molecule has 0 spiro atoms. The van der Waals surface area contributed by atoms with Crippen LogP contribution >= 0.6 is 11.6 Å². The lowest BCUT2D eigenvalue weighted by Crippen LogP contribution is -2.32. The second-order valence-corrected chi connectivity index (χ2v) is 5.88. The quantitative estimate of drug-likeness (QED) is 0.800.